The fraction of sp³-hybridized carbons (Fsp3) is 0.600. The van der Waals surface area contributed by atoms with Crippen molar-refractivity contribution < 1.29 is 4.79 Å². The number of nitrogens with zero attached hydrogens (tertiary/aromatic N) is 1. The predicted octanol–water partition coefficient (Wildman–Crippen LogP) is 2.10. The van der Waals surface area contributed by atoms with Crippen LogP contribution >= 0.6 is 0 Å². The summed E-state index contributed by atoms with van der Waals surface area (Å²) in [7, 11) is 0. The molecule has 0 aliphatic rings. The Balaban J connectivity index is 4.26. The lowest BCUT2D eigenvalue weighted by Crippen LogP contribution is -2.32. The monoisotopic (exact) mass is 182 g/mol. The van der Waals surface area contributed by atoms with Gasteiger partial charge in [0, 0.05) is 5.41 Å². The zero-order chi connectivity index (χ0) is 10.6. The van der Waals surface area contributed by atoms with E-state index in [2.05, 4.69) is 17.1 Å². The third kappa shape index (κ3) is 4.45. The van der Waals surface area contributed by atoms with Gasteiger partial charge < -0.3 is 0 Å². The average Bonchev–Trinajstić information content (AvgIpc) is 1.97. The SMILES string of the molecule is C=C(C)C(C)=NNC(=O)C(C)(C)C. The molecule has 0 saturated heterocycles. The predicted molar refractivity (Wildman–Crippen MR) is 55.5 cm³/mol. The van der Waals surface area contributed by atoms with Crippen LogP contribution in [0.1, 0.15) is 34.6 Å². The van der Waals surface area contributed by atoms with Crippen molar-refractivity contribution in [3.63, 3.8) is 0 Å². The fourth-order valence-corrected chi connectivity index (χ4v) is 0.398. The number of nitrogens with one attached hydrogen (secondary N) is 1. The molecule has 0 saturated carbocycles. The van der Waals surface area contributed by atoms with Crippen molar-refractivity contribution in [2.75, 3.05) is 0 Å². The molecule has 0 rings (SSSR count). The van der Waals surface area contributed by atoms with Crippen LogP contribution in [0.5, 0.6) is 0 Å². The summed E-state index contributed by atoms with van der Waals surface area (Å²) in [6.07, 6.45) is 0. The van der Waals surface area contributed by atoms with E-state index in [9.17, 15) is 4.79 Å². The van der Waals surface area contributed by atoms with Crippen LogP contribution in [0, 0.1) is 5.41 Å². The molecule has 0 aromatic heterocycles. The number of hydrazone groups is 1. The van der Waals surface area contributed by atoms with Crippen LogP contribution in [0.25, 0.3) is 0 Å². The van der Waals surface area contributed by atoms with Crippen LogP contribution in [0.15, 0.2) is 17.3 Å². The van der Waals surface area contributed by atoms with Crippen LogP contribution in [0.2, 0.25) is 0 Å². The van der Waals surface area contributed by atoms with Crippen molar-refractivity contribution in [2.24, 2.45) is 10.5 Å². The van der Waals surface area contributed by atoms with Crippen LogP contribution in [-0.2, 0) is 4.79 Å². The molecule has 74 valence electrons. The maximum atomic E-state index is 11.3. The number of allylic oxidation sites excluding steroid dienone is 1. The van der Waals surface area contributed by atoms with Crippen molar-refractivity contribution in [2.45, 2.75) is 34.6 Å². The molecule has 3 nitrogen and oxygen atoms in total. The second kappa shape index (κ2) is 4.21. The largest absolute Gasteiger partial charge is 0.273 e. The molecule has 0 aromatic rings. The summed E-state index contributed by atoms with van der Waals surface area (Å²) in [6.45, 7) is 12.9. The van der Waals surface area contributed by atoms with Crippen LogP contribution < -0.4 is 5.43 Å². The lowest BCUT2D eigenvalue weighted by molar-refractivity contribution is -0.128. The molecule has 0 aliphatic carbocycles. The normalized spacial score (nSPS) is 12.5. The highest BCUT2D eigenvalue weighted by Crippen LogP contribution is 2.12. The summed E-state index contributed by atoms with van der Waals surface area (Å²) < 4.78 is 0. The molecule has 0 aromatic carbocycles. The molecule has 0 heterocycles. The van der Waals surface area contributed by atoms with E-state index >= 15 is 0 Å². The molecule has 1 amide bonds. The fourth-order valence-electron chi connectivity index (χ4n) is 0.398. The molecule has 0 atom stereocenters. The summed E-state index contributed by atoms with van der Waals surface area (Å²) in [4.78, 5) is 11.3. The van der Waals surface area contributed by atoms with Crippen LogP contribution in [0.3, 0.4) is 0 Å². The van der Waals surface area contributed by atoms with Gasteiger partial charge in [0.2, 0.25) is 5.91 Å². The van der Waals surface area contributed by atoms with E-state index in [1.54, 1.807) is 0 Å². The zero-order valence-corrected chi connectivity index (χ0v) is 9.06. The molecule has 0 fully saturated rings. The maximum Gasteiger partial charge on any atom is 0.245 e. The molecule has 0 aliphatic heterocycles. The van der Waals surface area contributed by atoms with Gasteiger partial charge >= 0.3 is 0 Å². The zero-order valence-electron chi connectivity index (χ0n) is 9.06. The summed E-state index contributed by atoms with van der Waals surface area (Å²) in [5, 5.41) is 3.91. The van der Waals surface area contributed by atoms with Crippen molar-refractivity contribution >= 4 is 11.6 Å². The number of carbonyl (C=O) groups excluding carboxylic acids is 1. The van der Waals surface area contributed by atoms with Gasteiger partial charge in [-0.3, -0.25) is 4.79 Å². The third-order valence-electron chi connectivity index (χ3n) is 1.62. The minimum absolute atomic E-state index is 0.0897. The molecule has 0 bridgehead atoms. The Morgan fingerprint density at radius 2 is 1.77 bits per heavy atom. The highest BCUT2D eigenvalue weighted by Gasteiger charge is 2.20. The van der Waals surface area contributed by atoms with E-state index in [0.29, 0.717) is 0 Å². The molecule has 0 radical (unpaired) electrons. The smallest absolute Gasteiger partial charge is 0.245 e. The Morgan fingerprint density at radius 1 is 1.31 bits per heavy atom. The molecule has 0 spiro atoms. The van der Waals surface area contributed by atoms with Gasteiger partial charge in [-0.15, -0.1) is 0 Å². The lowest BCUT2D eigenvalue weighted by Gasteiger charge is -2.15. The summed E-state index contributed by atoms with van der Waals surface area (Å²) >= 11 is 0. The maximum absolute atomic E-state index is 11.3. The minimum atomic E-state index is -0.404. The van der Waals surface area contributed by atoms with Crippen molar-refractivity contribution in [1.29, 1.82) is 0 Å². The third-order valence-corrected chi connectivity index (χ3v) is 1.62. The summed E-state index contributed by atoms with van der Waals surface area (Å²) in [5.41, 5.74) is 3.69. The molecular weight excluding hydrogens is 164 g/mol. The first-order chi connectivity index (χ1) is 5.75. The Bertz CT molecular complexity index is 246. The Morgan fingerprint density at radius 3 is 2.08 bits per heavy atom. The van der Waals surface area contributed by atoms with E-state index in [0.717, 1.165) is 11.3 Å². The van der Waals surface area contributed by atoms with Crippen molar-refractivity contribution in [3.8, 4) is 0 Å². The molecular formula is C10H18N2O. The Kier molecular flexibility index (Phi) is 3.85. The van der Waals surface area contributed by atoms with Gasteiger partial charge in [0.15, 0.2) is 0 Å². The first kappa shape index (κ1) is 11.9. The van der Waals surface area contributed by atoms with E-state index in [1.807, 2.05) is 34.6 Å². The lowest BCUT2D eigenvalue weighted by atomic mass is 9.96. The molecule has 1 N–H and O–H groups in total. The highest BCUT2D eigenvalue weighted by molar-refractivity contribution is 5.97. The van der Waals surface area contributed by atoms with Gasteiger partial charge in [0.25, 0.3) is 0 Å². The highest BCUT2D eigenvalue weighted by atomic mass is 16.2. The molecule has 0 unspecified atom stereocenters. The molecule has 13 heavy (non-hydrogen) atoms. The quantitative estimate of drug-likeness (QED) is 0.515. The number of hydrogen-bond donors (Lipinski definition) is 1. The standard InChI is InChI=1S/C10H18N2O/c1-7(2)8(3)11-12-9(13)10(4,5)6/h1H2,2-6H3,(H,12,13). The second-order valence-corrected chi connectivity index (χ2v) is 4.17. The number of rotatable bonds is 2. The Hall–Kier alpha value is -1.12. The van der Waals surface area contributed by atoms with Gasteiger partial charge in [0.05, 0.1) is 5.71 Å². The minimum Gasteiger partial charge on any atom is -0.273 e. The van der Waals surface area contributed by atoms with Gasteiger partial charge in [0.1, 0.15) is 0 Å². The van der Waals surface area contributed by atoms with Gasteiger partial charge in [-0.2, -0.15) is 5.10 Å². The topological polar surface area (TPSA) is 41.5 Å². The van der Waals surface area contributed by atoms with Gasteiger partial charge in [-0.25, -0.2) is 5.43 Å². The summed E-state index contributed by atoms with van der Waals surface area (Å²) in [6, 6.07) is 0. The first-order valence-corrected chi connectivity index (χ1v) is 4.25. The van der Waals surface area contributed by atoms with Gasteiger partial charge in [-0.1, -0.05) is 27.4 Å². The van der Waals surface area contributed by atoms with Crippen molar-refractivity contribution in [3.05, 3.63) is 12.2 Å². The van der Waals surface area contributed by atoms with E-state index in [-0.39, 0.29) is 5.91 Å². The van der Waals surface area contributed by atoms with Gasteiger partial charge in [-0.05, 0) is 19.4 Å². The van der Waals surface area contributed by atoms with Crippen LogP contribution in [-0.4, -0.2) is 11.6 Å². The first-order valence-electron chi connectivity index (χ1n) is 4.25. The van der Waals surface area contributed by atoms with E-state index in [1.165, 1.54) is 0 Å². The second-order valence-electron chi connectivity index (χ2n) is 4.17. The Labute approximate surface area is 79.9 Å². The number of amides is 1. The van der Waals surface area contributed by atoms with Crippen molar-refractivity contribution in [1.82, 2.24) is 5.43 Å². The van der Waals surface area contributed by atoms with Crippen LogP contribution in [0.4, 0.5) is 0 Å². The average molecular weight is 182 g/mol. The number of carbonyl (C=O) groups is 1. The number of hydrogen-bond acceptors (Lipinski definition) is 2. The molecule has 3 heteroatoms. The summed E-state index contributed by atoms with van der Waals surface area (Å²) in [5.74, 6) is -0.0897. The van der Waals surface area contributed by atoms with E-state index < -0.39 is 5.41 Å². The van der Waals surface area contributed by atoms with E-state index in [4.69, 9.17) is 0 Å².